The zero-order chi connectivity index (χ0) is 25.9. The average molecular weight is 520 g/mol. The molecule has 0 saturated carbocycles. The van der Waals surface area contributed by atoms with Crippen molar-refractivity contribution in [1.82, 2.24) is 19.4 Å². The van der Waals surface area contributed by atoms with Crippen molar-refractivity contribution in [3.63, 3.8) is 0 Å². The molecule has 0 atom stereocenters. The summed E-state index contributed by atoms with van der Waals surface area (Å²) in [5, 5.41) is 5.69. The number of nitrogens with one attached hydrogen (secondary N) is 2. The Balaban J connectivity index is 1.34. The lowest BCUT2D eigenvalue weighted by atomic mass is 10.1. The first-order chi connectivity index (χ1) is 17.8. The van der Waals surface area contributed by atoms with Gasteiger partial charge in [-0.1, -0.05) is 17.4 Å². The normalized spacial score (nSPS) is 13.6. The number of anilines is 2. The molecule has 190 valence electrons. The summed E-state index contributed by atoms with van der Waals surface area (Å²) in [5.74, 6) is -0.950. The monoisotopic (exact) mass is 519 g/mol. The van der Waals surface area contributed by atoms with E-state index < -0.39 is 17.8 Å². The molecule has 0 bridgehead atoms. The second kappa shape index (κ2) is 10.5. The molecular weight excluding hydrogens is 493 g/mol. The highest BCUT2D eigenvalue weighted by molar-refractivity contribution is 7.19. The van der Waals surface area contributed by atoms with Crippen molar-refractivity contribution >= 4 is 34.1 Å². The topological polar surface area (TPSA) is 118 Å². The van der Waals surface area contributed by atoms with Crippen LogP contribution in [0.2, 0.25) is 0 Å². The number of benzene rings is 2. The molecule has 4 N–H and O–H groups in total. The number of rotatable bonds is 7. The number of hydrogen-bond acceptors (Lipinski definition) is 6. The summed E-state index contributed by atoms with van der Waals surface area (Å²) in [6.45, 7) is 4.81. The Hall–Kier alpha value is -4.09. The number of nitrogens with zero attached hydrogens (tertiary/aromatic N) is 4. The van der Waals surface area contributed by atoms with E-state index in [1.54, 1.807) is 29.2 Å². The number of thiazole rings is 1. The number of aromatic nitrogens is 3. The highest BCUT2D eigenvalue weighted by Crippen LogP contribution is 2.33. The highest BCUT2D eigenvalue weighted by atomic mass is 32.1. The predicted octanol–water partition coefficient (Wildman–Crippen LogP) is 4.78. The van der Waals surface area contributed by atoms with Crippen LogP contribution in [0.4, 0.5) is 20.0 Å². The first-order valence-electron chi connectivity index (χ1n) is 11.8. The summed E-state index contributed by atoms with van der Waals surface area (Å²) in [4.78, 5) is 35.9. The zero-order valence-electron chi connectivity index (χ0n) is 20.2. The molecule has 4 aromatic rings. The zero-order valence-corrected chi connectivity index (χ0v) is 21.0. The maximum Gasteiger partial charge on any atom is 0.318 e. The first kappa shape index (κ1) is 24.6. The fraction of sp³-hybridized carbons (Fsp3) is 0.231. The summed E-state index contributed by atoms with van der Waals surface area (Å²) in [5.41, 5.74) is 9.14. The number of nitrogens with two attached hydrogens (primary N) is 1. The Morgan fingerprint density at radius 3 is 2.70 bits per heavy atom. The molecule has 0 unspecified atom stereocenters. The molecule has 0 aliphatic carbocycles. The van der Waals surface area contributed by atoms with Gasteiger partial charge < -0.3 is 15.6 Å². The standard InChI is InChI=1S/C26H26FN7O2S/c1-16-4-5-19(11-22(16)23-12-29-26(37-23)32-25(28)36)31-24(35)17-8-18(27)10-21(9-17)34-14-20(30-15-34)13-33-6-2-3-7-33/h4-5,8-12,14-15H,2-3,6-7,13H2,1H3,(H,31,35)(H3,28,29,32,36). The van der Waals surface area contributed by atoms with Gasteiger partial charge >= 0.3 is 6.03 Å². The second-order valence-corrected chi connectivity index (χ2v) is 9.99. The number of primary amides is 1. The first-order valence-corrected chi connectivity index (χ1v) is 12.7. The lowest BCUT2D eigenvalue weighted by Crippen LogP contribution is -2.18. The quantitative estimate of drug-likeness (QED) is 0.325. The van der Waals surface area contributed by atoms with Gasteiger partial charge in [-0.2, -0.15) is 0 Å². The molecule has 2 aromatic carbocycles. The molecule has 2 aromatic heterocycles. The summed E-state index contributed by atoms with van der Waals surface area (Å²) < 4.78 is 16.2. The van der Waals surface area contributed by atoms with Crippen molar-refractivity contribution in [1.29, 1.82) is 0 Å². The smallest absolute Gasteiger partial charge is 0.318 e. The molecule has 37 heavy (non-hydrogen) atoms. The van der Waals surface area contributed by atoms with Gasteiger partial charge in [-0.25, -0.2) is 19.2 Å². The van der Waals surface area contributed by atoms with Crippen LogP contribution in [0.25, 0.3) is 16.1 Å². The van der Waals surface area contributed by atoms with Gasteiger partial charge in [0, 0.05) is 30.2 Å². The summed E-state index contributed by atoms with van der Waals surface area (Å²) in [6, 6.07) is 9.00. The third kappa shape index (κ3) is 5.84. The summed E-state index contributed by atoms with van der Waals surface area (Å²) in [6.07, 6.45) is 7.54. The minimum absolute atomic E-state index is 0.192. The van der Waals surface area contributed by atoms with Gasteiger partial charge in [0.15, 0.2) is 5.13 Å². The number of halogens is 1. The Labute approximate surface area is 217 Å². The van der Waals surface area contributed by atoms with Crippen LogP contribution < -0.4 is 16.4 Å². The minimum atomic E-state index is -0.688. The van der Waals surface area contributed by atoms with E-state index >= 15 is 0 Å². The van der Waals surface area contributed by atoms with E-state index in [-0.39, 0.29) is 5.56 Å². The lowest BCUT2D eigenvalue weighted by Gasteiger charge is -2.12. The van der Waals surface area contributed by atoms with E-state index in [1.807, 2.05) is 25.3 Å². The Bertz CT molecular complexity index is 1460. The van der Waals surface area contributed by atoms with Crippen LogP contribution in [-0.2, 0) is 6.54 Å². The van der Waals surface area contributed by atoms with E-state index in [0.717, 1.165) is 41.3 Å². The highest BCUT2D eigenvalue weighted by Gasteiger charge is 2.16. The van der Waals surface area contributed by atoms with Gasteiger partial charge in [0.1, 0.15) is 5.82 Å². The van der Waals surface area contributed by atoms with Crippen molar-refractivity contribution in [3.8, 4) is 16.1 Å². The predicted molar refractivity (Wildman–Crippen MR) is 141 cm³/mol. The minimum Gasteiger partial charge on any atom is -0.351 e. The molecular formula is C26H26FN7O2S. The van der Waals surface area contributed by atoms with Crippen LogP contribution in [0.5, 0.6) is 0 Å². The molecule has 3 heterocycles. The Kier molecular flexibility index (Phi) is 6.97. The molecule has 0 radical (unpaired) electrons. The van der Waals surface area contributed by atoms with Crippen molar-refractivity contribution in [2.45, 2.75) is 26.3 Å². The third-order valence-corrected chi connectivity index (χ3v) is 7.11. The van der Waals surface area contributed by atoms with Gasteiger partial charge in [0.2, 0.25) is 0 Å². The van der Waals surface area contributed by atoms with Crippen LogP contribution in [0.3, 0.4) is 0 Å². The van der Waals surface area contributed by atoms with E-state index in [4.69, 9.17) is 5.73 Å². The van der Waals surface area contributed by atoms with Gasteiger partial charge in [-0.15, -0.1) is 0 Å². The summed E-state index contributed by atoms with van der Waals surface area (Å²) in [7, 11) is 0. The molecule has 5 rings (SSSR count). The third-order valence-electron chi connectivity index (χ3n) is 6.16. The molecule has 9 nitrogen and oxygen atoms in total. The Morgan fingerprint density at radius 1 is 1.11 bits per heavy atom. The average Bonchev–Trinajstić information content (AvgIpc) is 3.63. The number of carbonyl (C=O) groups excluding carboxylic acids is 2. The van der Waals surface area contributed by atoms with Crippen LogP contribution in [0.15, 0.2) is 55.1 Å². The van der Waals surface area contributed by atoms with Crippen molar-refractivity contribution < 1.29 is 14.0 Å². The Morgan fingerprint density at radius 2 is 1.92 bits per heavy atom. The largest absolute Gasteiger partial charge is 0.351 e. The molecule has 1 aliphatic rings. The maximum absolute atomic E-state index is 14.5. The van der Waals surface area contributed by atoms with E-state index in [0.29, 0.717) is 16.5 Å². The lowest BCUT2D eigenvalue weighted by molar-refractivity contribution is 0.102. The van der Waals surface area contributed by atoms with E-state index in [1.165, 1.54) is 36.3 Å². The fourth-order valence-corrected chi connectivity index (χ4v) is 5.24. The summed E-state index contributed by atoms with van der Waals surface area (Å²) >= 11 is 1.27. The number of carbonyl (C=O) groups is 2. The van der Waals surface area contributed by atoms with Crippen LogP contribution in [0, 0.1) is 12.7 Å². The van der Waals surface area contributed by atoms with Crippen molar-refractivity contribution in [3.05, 3.63) is 77.8 Å². The van der Waals surface area contributed by atoms with Gasteiger partial charge in [-0.3, -0.25) is 15.0 Å². The van der Waals surface area contributed by atoms with Crippen molar-refractivity contribution in [2.75, 3.05) is 23.7 Å². The van der Waals surface area contributed by atoms with E-state index in [2.05, 4.69) is 25.5 Å². The molecule has 3 amide bonds. The van der Waals surface area contributed by atoms with Gasteiger partial charge in [-0.05, 0) is 74.3 Å². The molecule has 1 saturated heterocycles. The van der Waals surface area contributed by atoms with Crippen LogP contribution in [-0.4, -0.2) is 44.5 Å². The fourth-order valence-electron chi connectivity index (χ4n) is 4.34. The van der Waals surface area contributed by atoms with Crippen LogP contribution in [0.1, 0.15) is 34.5 Å². The number of hydrogen-bond donors (Lipinski definition) is 3. The van der Waals surface area contributed by atoms with Crippen molar-refractivity contribution in [2.24, 2.45) is 5.73 Å². The SMILES string of the molecule is Cc1ccc(NC(=O)c2cc(F)cc(-n3cnc(CN4CCCC4)c3)c2)cc1-c1cnc(NC(N)=O)s1. The number of urea groups is 1. The van der Waals surface area contributed by atoms with Gasteiger partial charge in [0.05, 0.1) is 22.6 Å². The van der Waals surface area contributed by atoms with E-state index in [9.17, 15) is 14.0 Å². The second-order valence-electron chi connectivity index (χ2n) is 8.96. The number of aryl methyl sites for hydroxylation is 1. The van der Waals surface area contributed by atoms with Gasteiger partial charge in [0.25, 0.3) is 5.91 Å². The molecule has 0 spiro atoms. The maximum atomic E-state index is 14.5. The molecule has 1 aliphatic heterocycles. The number of likely N-dealkylation sites (tertiary alicyclic amines) is 1. The number of imidazole rings is 1. The molecule has 1 fully saturated rings. The molecule has 11 heteroatoms. The van der Waals surface area contributed by atoms with Crippen LogP contribution >= 0.6 is 11.3 Å². The number of amides is 3.